The Labute approximate surface area is 112 Å². The largest absolute Gasteiger partial charge is 0.265 e. The van der Waals surface area contributed by atoms with Crippen molar-refractivity contribution in [1.82, 2.24) is 15.0 Å². The van der Waals surface area contributed by atoms with Crippen molar-refractivity contribution in [2.24, 2.45) is 0 Å². The van der Waals surface area contributed by atoms with E-state index in [0.717, 1.165) is 22.4 Å². The summed E-state index contributed by atoms with van der Waals surface area (Å²) < 4.78 is 0. The van der Waals surface area contributed by atoms with Crippen LogP contribution in [0, 0.1) is 6.92 Å². The average Bonchev–Trinajstić information content (AvgIpc) is 2.49. The molecule has 3 heteroatoms. The van der Waals surface area contributed by atoms with Crippen LogP contribution in [0.2, 0.25) is 0 Å². The van der Waals surface area contributed by atoms with E-state index < -0.39 is 0 Å². The molecule has 0 radical (unpaired) electrons. The van der Waals surface area contributed by atoms with Crippen LogP contribution in [0.3, 0.4) is 0 Å². The monoisotopic (exact) mass is 247 g/mol. The van der Waals surface area contributed by atoms with Crippen molar-refractivity contribution in [1.29, 1.82) is 0 Å². The van der Waals surface area contributed by atoms with E-state index in [1.165, 1.54) is 5.56 Å². The zero-order valence-electron chi connectivity index (χ0n) is 10.6. The van der Waals surface area contributed by atoms with Crippen LogP contribution in [0.15, 0.2) is 61.3 Å². The van der Waals surface area contributed by atoms with Crippen molar-refractivity contribution in [3.05, 3.63) is 66.9 Å². The minimum Gasteiger partial charge on any atom is -0.265 e. The maximum atomic E-state index is 4.54. The first kappa shape index (κ1) is 11.5. The molecule has 0 saturated heterocycles. The zero-order chi connectivity index (χ0) is 13.1. The highest BCUT2D eigenvalue weighted by atomic mass is 14.7. The second kappa shape index (κ2) is 4.98. The molecule has 0 aliphatic heterocycles. The van der Waals surface area contributed by atoms with Crippen LogP contribution in [0.5, 0.6) is 0 Å². The van der Waals surface area contributed by atoms with Gasteiger partial charge in [0.25, 0.3) is 0 Å². The third-order valence-electron chi connectivity index (χ3n) is 3.08. The highest BCUT2D eigenvalue weighted by Crippen LogP contribution is 2.25. The van der Waals surface area contributed by atoms with Gasteiger partial charge in [-0.15, -0.1) is 0 Å². The summed E-state index contributed by atoms with van der Waals surface area (Å²) in [6, 6.07) is 10.0. The number of nitrogens with zero attached hydrogens (tertiary/aromatic N) is 3. The summed E-state index contributed by atoms with van der Waals surface area (Å²) in [5, 5.41) is 0. The fourth-order valence-corrected chi connectivity index (χ4v) is 2.07. The topological polar surface area (TPSA) is 38.7 Å². The predicted octanol–water partition coefficient (Wildman–Crippen LogP) is 3.51. The molecule has 0 atom stereocenters. The molecule has 3 nitrogen and oxygen atoms in total. The molecule has 0 N–H and O–H groups in total. The molecular formula is C16H13N3. The number of pyridine rings is 3. The van der Waals surface area contributed by atoms with E-state index in [1.807, 2.05) is 30.5 Å². The van der Waals surface area contributed by atoms with Crippen molar-refractivity contribution >= 4 is 0 Å². The molecule has 0 bridgehead atoms. The van der Waals surface area contributed by atoms with Gasteiger partial charge in [-0.05, 0) is 48.4 Å². The zero-order valence-corrected chi connectivity index (χ0v) is 10.6. The van der Waals surface area contributed by atoms with Gasteiger partial charge in [-0.1, -0.05) is 0 Å². The fraction of sp³-hybridized carbons (Fsp3) is 0.0625. The summed E-state index contributed by atoms with van der Waals surface area (Å²) in [4.78, 5) is 12.6. The van der Waals surface area contributed by atoms with Gasteiger partial charge >= 0.3 is 0 Å². The van der Waals surface area contributed by atoms with Crippen LogP contribution >= 0.6 is 0 Å². The summed E-state index contributed by atoms with van der Waals surface area (Å²) in [5.41, 5.74) is 5.53. The van der Waals surface area contributed by atoms with Crippen LogP contribution < -0.4 is 0 Å². The van der Waals surface area contributed by atoms with Gasteiger partial charge in [-0.2, -0.15) is 0 Å². The summed E-state index contributed by atoms with van der Waals surface area (Å²) in [6.45, 7) is 2.10. The first-order valence-corrected chi connectivity index (χ1v) is 6.12. The van der Waals surface area contributed by atoms with Crippen molar-refractivity contribution < 1.29 is 0 Å². The summed E-state index contributed by atoms with van der Waals surface area (Å²) >= 11 is 0. The molecule has 0 spiro atoms. The molecular weight excluding hydrogens is 234 g/mol. The third kappa shape index (κ3) is 2.36. The van der Waals surface area contributed by atoms with E-state index in [1.54, 1.807) is 24.8 Å². The first-order chi connectivity index (χ1) is 9.34. The highest BCUT2D eigenvalue weighted by Gasteiger charge is 2.05. The maximum Gasteiger partial charge on any atom is 0.0706 e. The molecule has 0 aromatic carbocycles. The lowest BCUT2D eigenvalue weighted by molar-refractivity contribution is 1.26. The molecule has 3 heterocycles. The highest BCUT2D eigenvalue weighted by molar-refractivity contribution is 5.69. The lowest BCUT2D eigenvalue weighted by Crippen LogP contribution is -1.90. The van der Waals surface area contributed by atoms with E-state index in [9.17, 15) is 0 Å². The molecule has 0 saturated carbocycles. The van der Waals surface area contributed by atoms with Crippen molar-refractivity contribution in [3.63, 3.8) is 0 Å². The van der Waals surface area contributed by atoms with Crippen molar-refractivity contribution in [3.8, 4) is 22.4 Å². The summed E-state index contributed by atoms with van der Waals surface area (Å²) in [5.74, 6) is 0. The molecule has 3 aromatic rings. The van der Waals surface area contributed by atoms with Crippen LogP contribution in [0.4, 0.5) is 0 Å². The molecule has 0 amide bonds. The van der Waals surface area contributed by atoms with Gasteiger partial charge in [0.15, 0.2) is 0 Å². The summed E-state index contributed by atoms with van der Waals surface area (Å²) in [7, 11) is 0. The Balaban J connectivity index is 2.04. The Morgan fingerprint density at radius 2 is 1.37 bits per heavy atom. The number of aromatic nitrogens is 3. The lowest BCUT2D eigenvalue weighted by atomic mass is 10.0. The molecule has 3 rings (SSSR count). The van der Waals surface area contributed by atoms with E-state index in [2.05, 4.69) is 27.9 Å². The third-order valence-corrected chi connectivity index (χ3v) is 3.08. The first-order valence-electron chi connectivity index (χ1n) is 6.12. The molecule has 0 aliphatic rings. The number of aryl methyl sites for hydroxylation is 1. The minimum absolute atomic E-state index is 0.970. The van der Waals surface area contributed by atoms with E-state index in [-0.39, 0.29) is 0 Å². The van der Waals surface area contributed by atoms with Gasteiger partial charge < -0.3 is 0 Å². The molecule has 92 valence electrons. The molecule has 0 aliphatic carbocycles. The fourth-order valence-electron chi connectivity index (χ4n) is 2.07. The van der Waals surface area contributed by atoms with Crippen LogP contribution in [0.1, 0.15) is 5.56 Å². The Morgan fingerprint density at radius 3 is 1.95 bits per heavy atom. The molecule has 0 unspecified atom stereocenters. The predicted molar refractivity (Wildman–Crippen MR) is 75.4 cm³/mol. The van der Waals surface area contributed by atoms with E-state index in [4.69, 9.17) is 0 Å². The Hall–Kier alpha value is -2.55. The van der Waals surface area contributed by atoms with Crippen LogP contribution in [-0.4, -0.2) is 15.0 Å². The average molecular weight is 247 g/mol. The van der Waals surface area contributed by atoms with E-state index >= 15 is 0 Å². The van der Waals surface area contributed by atoms with Gasteiger partial charge in [0.1, 0.15) is 0 Å². The molecule has 3 aromatic heterocycles. The molecule has 19 heavy (non-hydrogen) atoms. The molecule has 0 fully saturated rings. The summed E-state index contributed by atoms with van der Waals surface area (Å²) in [6.07, 6.45) is 9.07. The van der Waals surface area contributed by atoms with Gasteiger partial charge in [-0.3, -0.25) is 15.0 Å². The quantitative estimate of drug-likeness (QED) is 0.695. The maximum absolute atomic E-state index is 4.54. The second-order valence-corrected chi connectivity index (χ2v) is 4.36. The van der Waals surface area contributed by atoms with Gasteiger partial charge in [0.05, 0.1) is 5.69 Å². The Bertz CT molecular complexity index is 679. The second-order valence-electron chi connectivity index (χ2n) is 4.36. The van der Waals surface area contributed by atoms with Crippen LogP contribution in [-0.2, 0) is 0 Å². The number of hydrogen-bond acceptors (Lipinski definition) is 3. The smallest absolute Gasteiger partial charge is 0.0706 e. The van der Waals surface area contributed by atoms with Crippen molar-refractivity contribution in [2.75, 3.05) is 0 Å². The Kier molecular flexibility index (Phi) is 3.02. The van der Waals surface area contributed by atoms with Gasteiger partial charge in [0.2, 0.25) is 0 Å². The lowest BCUT2D eigenvalue weighted by Gasteiger charge is -2.08. The van der Waals surface area contributed by atoms with Gasteiger partial charge in [-0.25, -0.2) is 0 Å². The van der Waals surface area contributed by atoms with Crippen LogP contribution in [0.25, 0.3) is 22.4 Å². The number of hydrogen-bond donors (Lipinski definition) is 0. The normalized spacial score (nSPS) is 10.4. The minimum atomic E-state index is 0.970. The van der Waals surface area contributed by atoms with Gasteiger partial charge in [0, 0.05) is 42.1 Å². The Morgan fingerprint density at radius 1 is 0.789 bits per heavy atom. The SMILES string of the molecule is Cc1cc(-c2ccncc2)ncc1-c1ccncc1. The standard InChI is InChI=1S/C16H13N3/c1-12-10-16(14-4-8-18-9-5-14)19-11-15(12)13-2-6-17-7-3-13/h2-11H,1H3. The van der Waals surface area contributed by atoms with Crippen molar-refractivity contribution in [2.45, 2.75) is 6.92 Å². The number of rotatable bonds is 2. The van der Waals surface area contributed by atoms with E-state index in [0.29, 0.717) is 0 Å².